The fraction of sp³-hybridized carbons (Fsp3) is 0.583. The fourth-order valence-electron chi connectivity index (χ4n) is 1.63. The summed E-state index contributed by atoms with van der Waals surface area (Å²) in [5, 5.41) is 0. The highest BCUT2D eigenvalue weighted by molar-refractivity contribution is 5.41. The van der Waals surface area contributed by atoms with Gasteiger partial charge in [-0.1, -0.05) is 26.3 Å². The Balaban J connectivity index is 2.36. The molecule has 3 N–H and O–H groups in total. The molecule has 0 saturated carbocycles. The highest BCUT2D eigenvalue weighted by atomic mass is 16.5. The molecule has 4 heteroatoms. The zero-order chi connectivity index (χ0) is 11.8. The molecule has 0 radical (unpaired) electrons. The van der Waals surface area contributed by atoms with E-state index in [-0.39, 0.29) is 0 Å². The summed E-state index contributed by atoms with van der Waals surface area (Å²) >= 11 is 0. The maximum Gasteiger partial charge on any atom is 0.145 e. The van der Waals surface area contributed by atoms with Crippen molar-refractivity contribution in [3.8, 4) is 0 Å². The van der Waals surface area contributed by atoms with Gasteiger partial charge in [0.2, 0.25) is 0 Å². The van der Waals surface area contributed by atoms with Gasteiger partial charge in [0.25, 0.3) is 0 Å². The molecule has 0 aliphatic rings. The third kappa shape index (κ3) is 4.16. The highest BCUT2D eigenvalue weighted by Crippen LogP contribution is 2.12. The quantitative estimate of drug-likeness (QED) is 0.550. The van der Waals surface area contributed by atoms with Gasteiger partial charge < -0.3 is 10.2 Å². The number of anilines is 1. The summed E-state index contributed by atoms with van der Waals surface area (Å²) in [7, 11) is 0. The van der Waals surface area contributed by atoms with Crippen LogP contribution in [0.1, 0.15) is 32.3 Å². The van der Waals surface area contributed by atoms with Crippen molar-refractivity contribution in [1.82, 2.24) is 4.98 Å². The van der Waals surface area contributed by atoms with E-state index in [0.717, 1.165) is 12.2 Å². The Morgan fingerprint density at radius 3 is 3.06 bits per heavy atom. The van der Waals surface area contributed by atoms with Crippen LogP contribution in [0.4, 0.5) is 5.82 Å². The number of nitrogens with zero attached hydrogens (tertiary/aromatic N) is 1. The molecule has 0 aliphatic heterocycles. The Hall–Kier alpha value is -1.13. The zero-order valence-corrected chi connectivity index (χ0v) is 10.1. The lowest BCUT2D eigenvalue weighted by Gasteiger charge is -2.12. The first-order valence-corrected chi connectivity index (χ1v) is 5.76. The molecule has 0 fully saturated rings. The average Bonchev–Trinajstić information content (AvgIpc) is 2.30. The van der Waals surface area contributed by atoms with E-state index in [9.17, 15) is 0 Å². The van der Waals surface area contributed by atoms with Crippen molar-refractivity contribution in [3.05, 3.63) is 23.9 Å². The van der Waals surface area contributed by atoms with Gasteiger partial charge in [-0.25, -0.2) is 10.8 Å². The number of aromatic nitrogens is 1. The Morgan fingerprint density at radius 2 is 2.38 bits per heavy atom. The number of hydrogen-bond acceptors (Lipinski definition) is 4. The first-order chi connectivity index (χ1) is 7.77. The largest absolute Gasteiger partial charge is 0.376 e. The van der Waals surface area contributed by atoms with E-state index >= 15 is 0 Å². The number of nitrogens with two attached hydrogens (primary N) is 1. The lowest BCUT2D eigenvalue weighted by Crippen LogP contribution is -2.12. The lowest BCUT2D eigenvalue weighted by atomic mass is 10.1. The zero-order valence-electron chi connectivity index (χ0n) is 10.1. The molecule has 1 rings (SSSR count). The van der Waals surface area contributed by atoms with Gasteiger partial charge in [0.1, 0.15) is 5.82 Å². The summed E-state index contributed by atoms with van der Waals surface area (Å²) in [5.74, 6) is 6.65. The molecule has 1 aromatic heterocycles. The summed E-state index contributed by atoms with van der Waals surface area (Å²) in [6.45, 7) is 5.73. The summed E-state index contributed by atoms with van der Waals surface area (Å²) in [5.41, 5.74) is 3.56. The molecule has 4 nitrogen and oxygen atoms in total. The first kappa shape index (κ1) is 12.9. The minimum absolute atomic E-state index is 0.557. The van der Waals surface area contributed by atoms with Gasteiger partial charge in [-0.2, -0.15) is 0 Å². The van der Waals surface area contributed by atoms with Crippen LogP contribution >= 0.6 is 0 Å². The Labute approximate surface area is 97.2 Å². The Morgan fingerprint density at radius 1 is 1.56 bits per heavy atom. The topological polar surface area (TPSA) is 60.2 Å². The normalized spacial score (nSPS) is 12.4. The molecular formula is C12H21N3O. The molecule has 0 aliphatic carbocycles. The summed E-state index contributed by atoms with van der Waals surface area (Å²) in [6, 6.07) is 3.85. The molecule has 1 unspecified atom stereocenters. The summed E-state index contributed by atoms with van der Waals surface area (Å²) < 4.78 is 5.64. The summed E-state index contributed by atoms with van der Waals surface area (Å²) in [4.78, 5) is 4.12. The maximum absolute atomic E-state index is 5.64. The van der Waals surface area contributed by atoms with Crippen LogP contribution in [0.2, 0.25) is 0 Å². The first-order valence-electron chi connectivity index (χ1n) is 5.76. The second-order valence-corrected chi connectivity index (χ2v) is 4.06. The fourth-order valence-corrected chi connectivity index (χ4v) is 1.63. The van der Waals surface area contributed by atoms with E-state index < -0.39 is 0 Å². The predicted octanol–water partition coefficient (Wildman–Crippen LogP) is 2.32. The van der Waals surface area contributed by atoms with Gasteiger partial charge in [0.05, 0.1) is 6.61 Å². The van der Waals surface area contributed by atoms with Gasteiger partial charge in [0.15, 0.2) is 0 Å². The van der Waals surface area contributed by atoms with Crippen LogP contribution in [-0.2, 0) is 11.3 Å². The van der Waals surface area contributed by atoms with E-state index in [2.05, 4.69) is 24.3 Å². The van der Waals surface area contributed by atoms with Gasteiger partial charge in [-0.15, -0.1) is 0 Å². The van der Waals surface area contributed by atoms with Crippen molar-refractivity contribution in [2.75, 3.05) is 12.0 Å². The highest BCUT2D eigenvalue weighted by Gasteiger charge is 2.04. The molecule has 0 spiro atoms. The van der Waals surface area contributed by atoms with E-state index in [4.69, 9.17) is 10.6 Å². The lowest BCUT2D eigenvalue weighted by molar-refractivity contribution is 0.0895. The van der Waals surface area contributed by atoms with E-state index in [1.165, 1.54) is 12.8 Å². The standard InChI is InChI=1S/C12H21N3O/c1-3-5-10(2)8-16-9-11-6-4-7-14-12(11)15-13/h4,6-7,10H,3,5,8-9,13H2,1-2H3,(H,14,15). The molecule has 0 saturated heterocycles. The van der Waals surface area contributed by atoms with Crippen molar-refractivity contribution in [1.29, 1.82) is 0 Å². The molecule has 1 aromatic rings. The summed E-state index contributed by atoms with van der Waals surface area (Å²) in [6.07, 6.45) is 4.11. The van der Waals surface area contributed by atoms with Crippen LogP contribution in [0.5, 0.6) is 0 Å². The van der Waals surface area contributed by atoms with Crippen molar-refractivity contribution in [3.63, 3.8) is 0 Å². The van der Waals surface area contributed by atoms with Crippen molar-refractivity contribution >= 4 is 5.82 Å². The number of nitrogen functional groups attached to an aromatic ring is 1. The Bertz CT molecular complexity index is 304. The SMILES string of the molecule is CCCC(C)COCc1cccnc1NN. The average molecular weight is 223 g/mol. The van der Waals surface area contributed by atoms with Crippen molar-refractivity contribution in [2.45, 2.75) is 33.3 Å². The van der Waals surface area contributed by atoms with E-state index in [0.29, 0.717) is 18.3 Å². The van der Waals surface area contributed by atoms with Crippen LogP contribution in [0.25, 0.3) is 0 Å². The predicted molar refractivity (Wildman–Crippen MR) is 65.8 cm³/mol. The van der Waals surface area contributed by atoms with Gasteiger partial charge in [0, 0.05) is 18.4 Å². The second kappa shape index (κ2) is 7.19. The number of rotatable bonds is 7. The second-order valence-electron chi connectivity index (χ2n) is 4.06. The van der Waals surface area contributed by atoms with E-state index in [1.807, 2.05) is 12.1 Å². The monoisotopic (exact) mass is 223 g/mol. The van der Waals surface area contributed by atoms with Crippen LogP contribution in [0.3, 0.4) is 0 Å². The van der Waals surface area contributed by atoms with Crippen LogP contribution in [-0.4, -0.2) is 11.6 Å². The molecule has 0 aromatic carbocycles. The Kier molecular flexibility index (Phi) is 5.82. The van der Waals surface area contributed by atoms with E-state index in [1.54, 1.807) is 6.20 Å². The van der Waals surface area contributed by atoms with Crippen LogP contribution in [0.15, 0.2) is 18.3 Å². The van der Waals surface area contributed by atoms with Gasteiger partial charge in [-0.3, -0.25) is 0 Å². The van der Waals surface area contributed by atoms with Crippen molar-refractivity contribution < 1.29 is 4.74 Å². The number of hydrazine groups is 1. The number of ether oxygens (including phenoxy) is 1. The number of hydrogen-bond donors (Lipinski definition) is 2. The smallest absolute Gasteiger partial charge is 0.145 e. The third-order valence-corrected chi connectivity index (χ3v) is 2.47. The van der Waals surface area contributed by atoms with Crippen LogP contribution in [0, 0.1) is 5.92 Å². The molecule has 0 bridgehead atoms. The third-order valence-electron chi connectivity index (χ3n) is 2.47. The molecule has 16 heavy (non-hydrogen) atoms. The van der Waals surface area contributed by atoms with Crippen molar-refractivity contribution in [2.24, 2.45) is 11.8 Å². The van der Waals surface area contributed by atoms with Gasteiger partial charge >= 0.3 is 0 Å². The molecule has 0 amide bonds. The van der Waals surface area contributed by atoms with Gasteiger partial charge in [-0.05, 0) is 18.4 Å². The minimum Gasteiger partial charge on any atom is -0.376 e. The minimum atomic E-state index is 0.557. The molecule has 90 valence electrons. The maximum atomic E-state index is 5.64. The molecule has 1 heterocycles. The number of pyridine rings is 1. The number of nitrogens with one attached hydrogen (secondary N) is 1. The van der Waals surface area contributed by atoms with Crippen LogP contribution < -0.4 is 11.3 Å². The molecule has 1 atom stereocenters. The molecular weight excluding hydrogens is 202 g/mol.